The van der Waals surface area contributed by atoms with Crippen LogP contribution >= 0.6 is 0 Å². The van der Waals surface area contributed by atoms with Crippen molar-refractivity contribution >= 4 is 11.7 Å². The van der Waals surface area contributed by atoms with Crippen molar-refractivity contribution in [1.29, 1.82) is 0 Å². The van der Waals surface area contributed by atoms with Gasteiger partial charge in [0.1, 0.15) is 5.78 Å². The molecule has 3 heteroatoms. The van der Waals surface area contributed by atoms with Crippen molar-refractivity contribution < 1.29 is 9.59 Å². The largest absolute Gasteiger partial charge is 0.346 e. The second-order valence-corrected chi connectivity index (χ2v) is 6.16. The maximum Gasteiger partial charge on any atom is 0.222 e. The first-order valence-corrected chi connectivity index (χ1v) is 8.23. The molecule has 0 atom stereocenters. The topological polar surface area (TPSA) is 37.4 Å². The first-order chi connectivity index (χ1) is 9.47. The van der Waals surface area contributed by atoms with Gasteiger partial charge in [0, 0.05) is 32.9 Å². The summed E-state index contributed by atoms with van der Waals surface area (Å²) in [4.78, 5) is 24.8. The van der Waals surface area contributed by atoms with Crippen LogP contribution in [0.1, 0.15) is 78.6 Å². The molecule has 0 aliphatic heterocycles. The summed E-state index contributed by atoms with van der Waals surface area (Å²) in [6.07, 6.45) is 8.48. The van der Waals surface area contributed by atoms with Gasteiger partial charge in [-0.3, -0.25) is 9.59 Å². The van der Waals surface area contributed by atoms with Gasteiger partial charge >= 0.3 is 0 Å². The minimum Gasteiger partial charge on any atom is -0.346 e. The monoisotopic (exact) mass is 283 g/mol. The summed E-state index contributed by atoms with van der Waals surface area (Å²) in [6, 6.07) is 0. The fraction of sp³-hybridized carbons (Fsp3) is 0.882. The number of carbonyl (C=O) groups excluding carboxylic acids is 2. The molecule has 0 aliphatic rings. The highest BCUT2D eigenvalue weighted by atomic mass is 16.2. The van der Waals surface area contributed by atoms with E-state index in [0.29, 0.717) is 24.5 Å². The van der Waals surface area contributed by atoms with Crippen LogP contribution in [0.15, 0.2) is 0 Å². The van der Waals surface area contributed by atoms with Crippen LogP contribution in [-0.2, 0) is 9.59 Å². The van der Waals surface area contributed by atoms with Crippen molar-refractivity contribution in [1.82, 2.24) is 4.90 Å². The number of unbranched alkanes of at least 4 members (excludes halogenated alkanes) is 4. The Bertz CT molecular complexity index is 274. The Labute approximate surface area is 125 Å². The molecular formula is C17H33NO2. The van der Waals surface area contributed by atoms with Gasteiger partial charge in [0.05, 0.1) is 0 Å². The third kappa shape index (κ3) is 11.0. The second-order valence-electron chi connectivity index (χ2n) is 6.16. The van der Waals surface area contributed by atoms with E-state index < -0.39 is 0 Å². The van der Waals surface area contributed by atoms with Crippen LogP contribution in [0.4, 0.5) is 0 Å². The number of hydrogen-bond acceptors (Lipinski definition) is 2. The number of Topliss-reactive ketones (excluding diaryl/α,β-unsaturated/α-hetero) is 1. The van der Waals surface area contributed by atoms with Crippen LogP contribution in [0, 0.1) is 5.92 Å². The van der Waals surface area contributed by atoms with Gasteiger partial charge in [0.2, 0.25) is 5.91 Å². The fourth-order valence-electron chi connectivity index (χ4n) is 2.07. The van der Waals surface area contributed by atoms with Gasteiger partial charge in [0.15, 0.2) is 0 Å². The van der Waals surface area contributed by atoms with Crippen molar-refractivity contribution in [2.24, 2.45) is 5.92 Å². The van der Waals surface area contributed by atoms with E-state index in [-0.39, 0.29) is 5.91 Å². The molecular weight excluding hydrogens is 250 g/mol. The molecule has 0 aromatic carbocycles. The zero-order valence-electron chi connectivity index (χ0n) is 13.9. The lowest BCUT2D eigenvalue weighted by atomic mass is 10.1. The zero-order chi connectivity index (χ0) is 15.4. The summed E-state index contributed by atoms with van der Waals surface area (Å²) >= 11 is 0. The molecule has 0 saturated carbocycles. The molecule has 0 N–H and O–H groups in total. The zero-order valence-corrected chi connectivity index (χ0v) is 13.9. The molecule has 0 aromatic rings. The number of nitrogens with zero attached hydrogens (tertiary/aromatic N) is 1. The van der Waals surface area contributed by atoms with Crippen LogP contribution in [0.3, 0.4) is 0 Å². The standard InChI is InChI=1S/C17H33NO2/c1-5-16(19)11-9-7-6-8-10-12-17(20)18(4)14-13-15(2)3/h15H,5-14H2,1-4H3. The molecule has 3 nitrogen and oxygen atoms in total. The minimum atomic E-state index is 0.270. The Morgan fingerprint density at radius 1 is 0.950 bits per heavy atom. The molecule has 0 radical (unpaired) electrons. The quantitative estimate of drug-likeness (QED) is 0.503. The SMILES string of the molecule is CCC(=O)CCCCCCCC(=O)N(C)CCC(C)C. The number of amides is 1. The van der Waals surface area contributed by atoms with Crippen LogP contribution in [0.25, 0.3) is 0 Å². The average molecular weight is 283 g/mol. The van der Waals surface area contributed by atoms with Crippen LogP contribution < -0.4 is 0 Å². The number of carbonyl (C=O) groups is 2. The van der Waals surface area contributed by atoms with Crippen LogP contribution in [0.5, 0.6) is 0 Å². The fourth-order valence-corrected chi connectivity index (χ4v) is 2.07. The molecule has 1 amide bonds. The predicted molar refractivity (Wildman–Crippen MR) is 84.7 cm³/mol. The van der Waals surface area contributed by atoms with Gasteiger partial charge in [0.25, 0.3) is 0 Å². The lowest BCUT2D eigenvalue weighted by Crippen LogP contribution is -2.28. The van der Waals surface area contributed by atoms with E-state index >= 15 is 0 Å². The van der Waals surface area contributed by atoms with Crippen molar-refractivity contribution in [3.8, 4) is 0 Å². The van der Waals surface area contributed by atoms with Gasteiger partial charge < -0.3 is 4.90 Å². The Morgan fingerprint density at radius 2 is 1.50 bits per heavy atom. The Kier molecular flexibility index (Phi) is 11.4. The average Bonchev–Trinajstić information content (AvgIpc) is 2.42. The molecule has 0 unspecified atom stereocenters. The Morgan fingerprint density at radius 3 is 2.05 bits per heavy atom. The Balaban J connectivity index is 3.45. The number of rotatable bonds is 12. The summed E-state index contributed by atoms with van der Waals surface area (Å²) < 4.78 is 0. The van der Waals surface area contributed by atoms with Crippen molar-refractivity contribution in [3.63, 3.8) is 0 Å². The molecule has 0 heterocycles. The normalized spacial score (nSPS) is 10.8. The first-order valence-electron chi connectivity index (χ1n) is 8.23. The molecule has 0 spiro atoms. The second kappa shape index (κ2) is 11.9. The molecule has 0 aliphatic carbocycles. The van der Waals surface area contributed by atoms with E-state index in [0.717, 1.165) is 51.5 Å². The lowest BCUT2D eigenvalue weighted by Gasteiger charge is -2.18. The highest BCUT2D eigenvalue weighted by Crippen LogP contribution is 2.09. The Hall–Kier alpha value is -0.860. The first kappa shape index (κ1) is 19.1. The number of hydrogen-bond donors (Lipinski definition) is 0. The predicted octanol–water partition coefficient (Wildman–Crippen LogP) is 4.20. The third-order valence-electron chi connectivity index (χ3n) is 3.71. The highest BCUT2D eigenvalue weighted by molar-refractivity contribution is 5.77. The van der Waals surface area contributed by atoms with Gasteiger partial charge in [-0.2, -0.15) is 0 Å². The van der Waals surface area contributed by atoms with Gasteiger partial charge in [-0.1, -0.05) is 40.0 Å². The van der Waals surface area contributed by atoms with Gasteiger partial charge in [-0.25, -0.2) is 0 Å². The molecule has 118 valence electrons. The van der Waals surface area contributed by atoms with E-state index in [1.807, 2.05) is 18.9 Å². The van der Waals surface area contributed by atoms with Gasteiger partial charge in [-0.15, -0.1) is 0 Å². The summed E-state index contributed by atoms with van der Waals surface area (Å²) in [5.41, 5.74) is 0. The summed E-state index contributed by atoms with van der Waals surface area (Å²) in [5, 5.41) is 0. The van der Waals surface area contributed by atoms with E-state index in [1.165, 1.54) is 0 Å². The lowest BCUT2D eigenvalue weighted by molar-refractivity contribution is -0.130. The maximum absolute atomic E-state index is 11.9. The summed E-state index contributed by atoms with van der Waals surface area (Å²) in [7, 11) is 1.90. The third-order valence-corrected chi connectivity index (χ3v) is 3.71. The van der Waals surface area contributed by atoms with Crippen LogP contribution in [0.2, 0.25) is 0 Å². The van der Waals surface area contributed by atoms with E-state index in [9.17, 15) is 9.59 Å². The summed E-state index contributed by atoms with van der Waals surface area (Å²) in [5.74, 6) is 1.29. The number of ketones is 1. The van der Waals surface area contributed by atoms with Crippen molar-refractivity contribution in [2.45, 2.75) is 78.6 Å². The maximum atomic E-state index is 11.9. The molecule has 0 fully saturated rings. The van der Waals surface area contributed by atoms with E-state index in [4.69, 9.17) is 0 Å². The van der Waals surface area contributed by atoms with Gasteiger partial charge in [-0.05, 0) is 25.2 Å². The van der Waals surface area contributed by atoms with Crippen molar-refractivity contribution in [3.05, 3.63) is 0 Å². The molecule has 0 aromatic heterocycles. The molecule has 0 rings (SSSR count). The molecule has 20 heavy (non-hydrogen) atoms. The van der Waals surface area contributed by atoms with E-state index in [2.05, 4.69) is 13.8 Å². The smallest absolute Gasteiger partial charge is 0.222 e. The van der Waals surface area contributed by atoms with Crippen LogP contribution in [-0.4, -0.2) is 30.2 Å². The van der Waals surface area contributed by atoms with E-state index in [1.54, 1.807) is 0 Å². The minimum absolute atomic E-state index is 0.270. The molecule has 0 saturated heterocycles. The van der Waals surface area contributed by atoms with Crippen molar-refractivity contribution in [2.75, 3.05) is 13.6 Å². The highest BCUT2D eigenvalue weighted by Gasteiger charge is 2.08. The summed E-state index contributed by atoms with van der Waals surface area (Å²) in [6.45, 7) is 7.16. The molecule has 0 bridgehead atoms.